The second-order valence-corrected chi connectivity index (χ2v) is 10.1. The number of nitrogens with one attached hydrogen (secondary N) is 2. The zero-order chi connectivity index (χ0) is 21.9. The van der Waals surface area contributed by atoms with Crippen molar-refractivity contribution in [2.45, 2.75) is 31.2 Å². The fourth-order valence-corrected chi connectivity index (χ4v) is 5.26. The predicted molar refractivity (Wildman–Crippen MR) is 121 cm³/mol. The molecule has 2 N–H and O–H groups in total. The minimum atomic E-state index is -3.61. The van der Waals surface area contributed by atoms with Crippen molar-refractivity contribution in [3.05, 3.63) is 48.5 Å². The van der Waals surface area contributed by atoms with E-state index in [1.807, 2.05) is 44.7 Å². The van der Waals surface area contributed by atoms with Crippen LogP contribution in [0.3, 0.4) is 0 Å². The molecular formula is C20H26N6O2S2. The van der Waals surface area contributed by atoms with E-state index in [1.165, 1.54) is 0 Å². The van der Waals surface area contributed by atoms with Crippen molar-refractivity contribution in [3.63, 3.8) is 0 Å². The van der Waals surface area contributed by atoms with Crippen LogP contribution in [-0.4, -0.2) is 45.5 Å². The first-order valence-corrected chi connectivity index (χ1v) is 12.2. The van der Waals surface area contributed by atoms with Crippen molar-refractivity contribution in [2.75, 3.05) is 17.3 Å². The highest BCUT2D eigenvalue weighted by Crippen LogP contribution is 2.22. The van der Waals surface area contributed by atoms with Crippen LogP contribution in [0.15, 0.2) is 47.6 Å². The van der Waals surface area contributed by atoms with Crippen LogP contribution in [0.4, 0.5) is 11.6 Å². The van der Waals surface area contributed by atoms with E-state index >= 15 is 0 Å². The lowest BCUT2D eigenvalue weighted by atomic mass is 10.1. The van der Waals surface area contributed by atoms with Crippen LogP contribution in [0.2, 0.25) is 0 Å². The van der Waals surface area contributed by atoms with Gasteiger partial charge in [-0.25, -0.2) is 28.1 Å². The average Bonchev–Trinajstić information content (AvgIpc) is 3.00. The van der Waals surface area contributed by atoms with E-state index in [2.05, 4.69) is 25.0 Å². The molecule has 0 fully saturated rings. The molecule has 160 valence electrons. The molecule has 0 unspecified atom stereocenters. The van der Waals surface area contributed by atoms with Gasteiger partial charge in [0.1, 0.15) is 5.82 Å². The fraction of sp³-hybridized carbons (Fsp3) is 0.350. The summed E-state index contributed by atoms with van der Waals surface area (Å²) in [6, 6.07) is 8.34. The molecule has 2 heterocycles. The smallest absolute Gasteiger partial charge is 0.241 e. The molecule has 30 heavy (non-hydrogen) atoms. The number of sulfonamides is 1. The Balaban J connectivity index is 1.76. The molecule has 0 amide bonds. The molecule has 0 radical (unpaired) electrons. The molecule has 0 aliphatic heterocycles. The summed E-state index contributed by atoms with van der Waals surface area (Å²) in [5.41, 5.74) is 1.79. The second kappa shape index (κ2) is 8.75. The van der Waals surface area contributed by atoms with Gasteiger partial charge in [0.25, 0.3) is 0 Å². The van der Waals surface area contributed by atoms with Gasteiger partial charge in [-0.15, -0.1) is 0 Å². The lowest BCUT2D eigenvalue weighted by molar-refractivity contribution is 0.498. The molecular weight excluding hydrogens is 420 g/mol. The van der Waals surface area contributed by atoms with Crippen molar-refractivity contribution in [1.29, 1.82) is 0 Å². The van der Waals surface area contributed by atoms with Crippen LogP contribution in [0.25, 0.3) is 11.4 Å². The Morgan fingerprint density at radius 2 is 1.83 bits per heavy atom. The van der Waals surface area contributed by atoms with Gasteiger partial charge in [0.05, 0.1) is 22.5 Å². The van der Waals surface area contributed by atoms with Gasteiger partial charge in [0, 0.05) is 30.2 Å². The maximum absolute atomic E-state index is 12.7. The number of nitrogens with zero attached hydrogens (tertiary/aromatic N) is 4. The number of benzene rings is 1. The maximum atomic E-state index is 12.7. The van der Waals surface area contributed by atoms with Crippen molar-refractivity contribution in [3.8, 4) is 11.4 Å². The molecule has 2 aromatic heterocycles. The van der Waals surface area contributed by atoms with Crippen LogP contribution >= 0.6 is 11.8 Å². The van der Waals surface area contributed by atoms with E-state index < -0.39 is 15.6 Å². The van der Waals surface area contributed by atoms with Gasteiger partial charge in [-0.2, -0.15) is 11.8 Å². The van der Waals surface area contributed by atoms with Crippen LogP contribution in [0, 0.1) is 6.92 Å². The Bertz CT molecular complexity index is 1120. The summed E-state index contributed by atoms with van der Waals surface area (Å²) < 4.78 is 30.0. The Labute approximate surface area is 181 Å². The third-order valence-corrected chi connectivity index (χ3v) is 7.20. The third kappa shape index (κ3) is 5.18. The molecule has 0 aliphatic carbocycles. The first-order chi connectivity index (χ1) is 14.1. The molecule has 8 nitrogen and oxygen atoms in total. The molecule has 10 heteroatoms. The normalized spacial score (nSPS) is 12.2. The van der Waals surface area contributed by atoms with Crippen molar-refractivity contribution >= 4 is 33.4 Å². The summed E-state index contributed by atoms with van der Waals surface area (Å²) in [6.45, 7) is 5.66. The van der Waals surface area contributed by atoms with Gasteiger partial charge in [-0.1, -0.05) is 0 Å². The summed E-state index contributed by atoms with van der Waals surface area (Å²) >= 11 is 1.59. The first-order valence-electron chi connectivity index (χ1n) is 9.33. The van der Waals surface area contributed by atoms with Crippen molar-refractivity contribution in [2.24, 2.45) is 7.05 Å². The highest BCUT2D eigenvalue weighted by Gasteiger charge is 2.25. The molecule has 0 saturated carbocycles. The maximum Gasteiger partial charge on any atom is 0.241 e. The molecule has 3 aromatic rings. The van der Waals surface area contributed by atoms with E-state index in [-0.39, 0.29) is 4.90 Å². The summed E-state index contributed by atoms with van der Waals surface area (Å²) in [7, 11) is -1.68. The van der Waals surface area contributed by atoms with Crippen LogP contribution in [-0.2, 0) is 17.1 Å². The number of hydrogen-bond donors (Lipinski definition) is 2. The Morgan fingerprint density at radius 1 is 1.13 bits per heavy atom. The number of aryl methyl sites for hydroxylation is 1. The number of rotatable bonds is 8. The molecule has 1 aromatic carbocycles. The highest BCUT2D eigenvalue weighted by atomic mass is 32.2. The molecule has 0 bridgehead atoms. The highest BCUT2D eigenvalue weighted by molar-refractivity contribution is 7.98. The second-order valence-electron chi connectivity index (χ2n) is 7.59. The predicted octanol–water partition coefficient (Wildman–Crippen LogP) is 3.35. The number of thioether (sulfide) groups is 1. The van der Waals surface area contributed by atoms with E-state index in [1.54, 1.807) is 48.4 Å². The Kier molecular flexibility index (Phi) is 6.49. The van der Waals surface area contributed by atoms with E-state index in [0.29, 0.717) is 17.4 Å². The van der Waals surface area contributed by atoms with Gasteiger partial charge in [0.2, 0.25) is 16.0 Å². The van der Waals surface area contributed by atoms with Gasteiger partial charge >= 0.3 is 0 Å². The third-order valence-electron chi connectivity index (χ3n) is 4.48. The summed E-state index contributed by atoms with van der Waals surface area (Å²) in [4.78, 5) is 13.3. The standard InChI is InChI=1S/C20H26N6O2S2/c1-14-22-12-18(26(14)4)17-10-11-21-19(24-17)23-15-6-8-16(9-7-15)30(27,28)25-20(2,3)13-29-5/h6-12,25H,13H2,1-5H3,(H,21,23,24). The van der Waals surface area contributed by atoms with Gasteiger partial charge < -0.3 is 9.88 Å². The van der Waals surface area contributed by atoms with Gasteiger partial charge in [0.15, 0.2) is 0 Å². The van der Waals surface area contributed by atoms with Crippen molar-refractivity contribution < 1.29 is 8.42 Å². The number of anilines is 2. The van der Waals surface area contributed by atoms with Gasteiger partial charge in [-0.3, -0.25) is 0 Å². The zero-order valence-electron chi connectivity index (χ0n) is 17.7. The quantitative estimate of drug-likeness (QED) is 0.547. The van der Waals surface area contributed by atoms with E-state index in [0.717, 1.165) is 17.2 Å². The van der Waals surface area contributed by atoms with Crippen molar-refractivity contribution in [1.82, 2.24) is 24.2 Å². The zero-order valence-corrected chi connectivity index (χ0v) is 19.3. The average molecular weight is 447 g/mol. The molecule has 0 atom stereocenters. The number of imidazole rings is 1. The number of aromatic nitrogens is 4. The fourth-order valence-electron chi connectivity index (χ4n) is 2.96. The largest absolute Gasteiger partial charge is 0.330 e. The molecule has 0 aliphatic rings. The monoisotopic (exact) mass is 446 g/mol. The van der Waals surface area contributed by atoms with E-state index in [9.17, 15) is 8.42 Å². The Morgan fingerprint density at radius 3 is 2.43 bits per heavy atom. The van der Waals surface area contributed by atoms with E-state index in [4.69, 9.17) is 0 Å². The minimum Gasteiger partial charge on any atom is -0.330 e. The molecule has 0 saturated heterocycles. The molecule has 0 spiro atoms. The summed E-state index contributed by atoms with van der Waals surface area (Å²) in [6.07, 6.45) is 5.39. The lowest BCUT2D eigenvalue weighted by Gasteiger charge is -2.25. The first kappa shape index (κ1) is 22.3. The SMILES string of the molecule is CSCC(C)(C)NS(=O)(=O)c1ccc(Nc2nccc(-c3cnc(C)n3C)n2)cc1. The summed E-state index contributed by atoms with van der Waals surface area (Å²) in [5, 5.41) is 3.12. The van der Waals surface area contributed by atoms with Crippen LogP contribution in [0.5, 0.6) is 0 Å². The number of hydrogen-bond acceptors (Lipinski definition) is 7. The summed E-state index contributed by atoms with van der Waals surface area (Å²) in [5.74, 6) is 1.99. The van der Waals surface area contributed by atoms with Crippen LogP contribution < -0.4 is 10.0 Å². The van der Waals surface area contributed by atoms with Crippen LogP contribution in [0.1, 0.15) is 19.7 Å². The van der Waals surface area contributed by atoms with Gasteiger partial charge in [-0.05, 0) is 57.4 Å². The topological polar surface area (TPSA) is 102 Å². The minimum absolute atomic E-state index is 0.210. The molecule has 3 rings (SSSR count). The Hall–Kier alpha value is -2.43. The lowest BCUT2D eigenvalue weighted by Crippen LogP contribution is -2.45.